The van der Waals surface area contributed by atoms with Crippen molar-refractivity contribution in [2.45, 2.75) is 0 Å². The van der Waals surface area contributed by atoms with Gasteiger partial charge in [-0.25, -0.2) is 8.42 Å². The van der Waals surface area contributed by atoms with Crippen LogP contribution in [0.2, 0.25) is 0 Å². The van der Waals surface area contributed by atoms with E-state index in [4.69, 9.17) is 0 Å². The lowest BCUT2D eigenvalue weighted by molar-refractivity contribution is -0.116. The van der Waals surface area contributed by atoms with Crippen molar-refractivity contribution in [1.82, 2.24) is 5.32 Å². The van der Waals surface area contributed by atoms with Crippen LogP contribution in [0.25, 0.3) is 6.08 Å². The van der Waals surface area contributed by atoms with Gasteiger partial charge in [0.1, 0.15) is 9.84 Å². The molecule has 0 radical (unpaired) electrons. The SMILES string of the molecule is CS(=O)(=O)CCNC(=O)C=Cc1cc(Br)cs1. The van der Waals surface area contributed by atoms with Crippen LogP contribution in [0, 0.1) is 0 Å². The Hall–Kier alpha value is -0.660. The van der Waals surface area contributed by atoms with Gasteiger partial charge in [-0.05, 0) is 28.1 Å². The molecule has 0 spiro atoms. The molecule has 1 aromatic heterocycles. The molecular formula is C10H12BrNO3S2. The minimum absolute atomic E-state index is 0.0445. The van der Waals surface area contributed by atoms with E-state index in [0.29, 0.717) is 0 Å². The largest absolute Gasteiger partial charge is 0.352 e. The van der Waals surface area contributed by atoms with E-state index >= 15 is 0 Å². The van der Waals surface area contributed by atoms with Crippen molar-refractivity contribution in [1.29, 1.82) is 0 Å². The molecule has 0 bridgehead atoms. The summed E-state index contributed by atoms with van der Waals surface area (Å²) in [6.07, 6.45) is 4.21. The molecule has 1 heterocycles. The molecule has 0 unspecified atom stereocenters. The van der Waals surface area contributed by atoms with E-state index in [0.717, 1.165) is 15.6 Å². The third-order valence-corrected chi connectivity index (χ3v) is 4.36. The standard InChI is InChI=1S/C10H12BrNO3S2/c1-17(14,15)5-4-12-10(13)3-2-9-6-8(11)7-16-9/h2-3,6-7H,4-5H2,1H3,(H,12,13). The van der Waals surface area contributed by atoms with Crippen molar-refractivity contribution >= 4 is 49.1 Å². The van der Waals surface area contributed by atoms with Crippen LogP contribution in [-0.2, 0) is 14.6 Å². The molecule has 0 fully saturated rings. The van der Waals surface area contributed by atoms with Gasteiger partial charge in [0.15, 0.2) is 0 Å². The number of nitrogens with one attached hydrogen (secondary N) is 1. The first-order valence-corrected chi connectivity index (χ1v) is 8.48. The van der Waals surface area contributed by atoms with E-state index in [9.17, 15) is 13.2 Å². The molecule has 1 aromatic rings. The van der Waals surface area contributed by atoms with Crippen molar-refractivity contribution in [2.75, 3.05) is 18.6 Å². The van der Waals surface area contributed by atoms with Crippen molar-refractivity contribution < 1.29 is 13.2 Å². The monoisotopic (exact) mass is 337 g/mol. The number of halogens is 1. The number of thiophene rings is 1. The van der Waals surface area contributed by atoms with E-state index in [-0.39, 0.29) is 18.2 Å². The lowest BCUT2D eigenvalue weighted by Gasteiger charge is -1.99. The fraction of sp³-hybridized carbons (Fsp3) is 0.300. The molecule has 1 N–H and O–H groups in total. The first-order valence-electron chi connectivity index (χ1n) is 4.74. The minimum atomic E-state index is -3.03. The molecule has 4 nitrogen and oxygen atoms in total. The Labute approximate surface area is 113 Å². The number of hydrogen-bond donors (Lipinski definition) is 1. The zero-order chi connectivity index (χ0) is 12.9. The normalized spacial score (nSPS) is 11.9. The topological polar surface area (TPSA) is 63.2 Å². The number of hydrogen-bond acceptors (Lipinski definition) is 4. The van der Waals surface area contributed by atoms with Crippen LogP contribution in [0.15, 0.2) is 22.0 Å². The lowest BCUT2D eigenvalue weighted by Crippen LogP contribution is -2.27. The molecule has 0 saturated heterocycles. The van der Waals surface area contributed by atoms with Gasteiger partial charge >= 0.3 is 0 Å². The molecule has 17 heavy (non-hydrogen) atoms. The Balaban J connectivity index is 2.37. The molecule has 94 valence electrons. The molecule has 7 heteroatoms. The zero-order valence-electron chi connectivity index (χ0n) is 9.14. The molecular weight excluding hydrogens is 326 g/mol. The van der Waals surface area contributed by atoms with Gasteiger partial charge < -0.3 is 5.32 Å². The summed E-state index contributed by atoms with van der Waals surface area (Å²) in [4.78, 5) is 12.3. The second-order valence-electron chi connectivity index (χ2n) is 3.42. The highest BCUT2D eigenvalue weighted by atomic mass is 79.9. The molecule has 0 saturated carbocycles. The first kappa shape index (κ1) is 14.4. The summed E-state index contributed by atoms with van der Waals surface area (Å²) < 4.78 is 22.6. The number of carbonyl (C=O) groups excluding carboxylic acids is 1. The van der Waals surface area contributed by atoms with Crippen LogP contribution in [0.3, 0.4) is 0 Å². The fourth-order valence-corrected chi connectivity index (χ4v) is 2.80. The van der Waals surface area contributed by atoms with Gasteiger partial charge in [0, 0.05) is 33.6 Å². The fourth-order valence-electron chi connectivity index (χ4n) is 0.992. The maximum atomic E-state index is 11.3. The van der Waals surface area contributed by atoms with Gasteiger partial charge in [-0.15, -0.1) is 11.3 Å². The minimum Gasteiger partial charge on any atom is -0.352 e. The van der Waals surface area contributed by atoms with Crippen molar-refractivity contribution in [3.05, 3.63) is 26.9 Å². The van der Waals surface area contributed by atoms with Gasteiger partial charge in [0.2, 0.25) is 5.91 Å². The molecule has 1 amide bonds. The number of rotatable bonds is 5. The summed E-state index contributed by atoms with van der Waals surface area (Å²) in [5.41, 5.74) is 0. The van der Waals surface area contributed by atoms with Crippen LogP contribution in [-0.4, -0.2) is 32.9 Å². The van der Waals surface area contributed by atoms with E-state index in [1.807, 2.05) is 11.4 Å². The van der Waals surface area contributed by atoms with Gasteiger partial charge in [-0.3, -0.25) is 4.79 Å². The molecule has 0 aliphatic carbocycles. The van der Waals surface area contributed by atoms with E-state index < -0.39 is 9.84 Å². The molecule has 0 aromatic carbocycles. The summed E-state index contributed by atoms with van der Waals surface area (Å²) in [6.45, 7) is 0.135. The maximum absolute atomic E-state index is 11.3. The average Bonchev–Trinajstić information content (AvgIpc) is 2.59. The van der Waals surface area contributed by atoms with E-state index in [1.165, 1.54) is 17.4 Å². The summed E-state index contributed by atoms with van der Waals surface area (Å²) in [5, 5.41) is 4.42. The highest BCUT2D eigenvalue weighted by Crippen LogP contribution is 2.20. The Morgan fingerprint density at radius 3 is 2.82 bits per heavy atom. The summed E-state index contributed by atoms with van der Waals surface area (Å²) in [5.74, 6) is -0.338. The predicted octanol–water partition coefficient (Wildman–Crippen LogP) is 1.68. The van der Waals surface area contributed by atoms with Crippen LogP contribution in [0.5, 0.6) is 0 Å². The van der Waals surface area contributed by atoms with Crippen LogP contribution < -0.4 is 5.32 Å². The first-order chi connectivity index (χ1) is 7.87. The summed E-state index contributed by atoms with van der Waals surface area (Å²) in [6, 6.07) is 1.89. The van der Waals surface area contributed by atoms with Gasteiger partial charge in [0.05, 0.1) is 5.75 Å². The van der Waals surface area contributed by atoms with E-state index in [2.05, 4.69) is 21.2 Å². The molecule has 0 atom stereocenters. The zero-order valence-corrected chi connectivity index (χ0v) is 12.4. The van der Waals surface area contributed by atoms with E-state index in [1.54, 1.807) is 6.08 Å². The van der Waals surface area contributed by atoms with Crippen molar-refractivity contribution in [3.63, 3.8) is 0 Å². The van der Waals surface area contributed by atoms with Crippen LogP contribution >= 0.6 is 27.3 Å². The highest BCUT2D eigenvalue weighted by Gasteiger charge is 2.02. The highest BCUT2D eigenvalue weighted by molar-refractivity contribution is 9.10. The second kappa shape index (κ2) is 6.32. The lowest BCUT2D eigenvalue weighted by atomic mass is 10.4. The number of sulfone groups is 1. The van der Waals surface area contributed by atoms with Crippen LogP contribution in [0.4, 0.5) is 0 Å². The van der Waals surface area contributed by atoms with Gasteiger partial charge in [-0.2, -0.15) is 0 Å². The van der Waals surface area contributed by atoms with Gasteiger partial charge in [0.25, 0.3) is 0 Å². The number of amides is 1. The third kappa shape index (κ3) is 6.60. The Morgan fingerprint density at radius 2 is 2.29 bits per heavy atom. The quantitative estimate of drug-likeness (QED) is 0.831. The Morgan fingerprint density at radius 1 is 1.59 bits per heavy atom. The summed E-state index contributed by atoms with van der Waals surface area (Å²) in [7, 11) is -3.03. The number of carbonyl (C=O) groups is 1. The molecule has 0 aliphatic heterocycles. The molecule has 1 rings (SSSR count). The smallest absolute Gasteiger partial charge is 0.244 e. The maximum Gasteiger partial charge on any atom is 0.244 e. The van der Waals surface area contributed by atoms with Crippen molar-refractivity contribution in [3.8, 4) is 0 Å². The Bertz CT molecular complexity index is 519. The van der Waals surface area contributed by atoms with Crippen molar-refractivity contribution in [2.24, 2.45) is 0 Å². The average molecular weight is 338 g/mol. The summed E-state index contributed by atoms with van der Waals surface area (Å²) >= 11 is 4.82. The van der Waals surface area contributed by atoms with Crippen LogP contribution in [0.1, 0.15) is 4.88 Å². The molecule has 0 aliphatic rings. The second-order valence-corrected chi connectivity index (χ2v) is 7.54. The Kier molecular flexibility index (Phi) is 5.35. The third-order valence-electron chi connectivity index (χ3n) is 1.76. The predicted molar refractivity (Wildman–Crippen MR) is 73.8 cm³/mol. The van der Waals surface area contributed by atoms with Gasteiger partial charge in [-0.1, -0.05) is 0 Å².